The third-order valence-corrected chi connectivity index (χ3v) is 5.40. The third kappa shape index (κ3) is 3.82. The van der Waals surface area contributed by atoms with E-state index in [4.69, 9.17) is 15.2 Å². The molecule has 0 saturated carbocycles. The SMILES string of the molecule is COCCCc1ccc2c3c(ccc2c1)O[C@H](c1cc(F)c(F)cc1F)[C@@H](N)C3. The van der Waals surface area contributed by atoms with Crippen LogP contribution in [0, 0.1) is 17.5 Å². The van der Waals surface area contributed by atoms with E-state index in [0.717, 1.165) is 35.2 Å². The second-order valence-corrected chi connectivity index (χ2v) is 7.39. The number of benzene rings is 3. The highest BCUT2D eigenvalue weighted by molar-refractivity contribution is 5.88. The van der Waals surface area contributed by atoms with Crippen LogP contribution in [0.1, 0.15) is 29.2 Å². The average Bonchev–Trinajstić information content (AvgIpc) is 2.70. The number of ether oxygens (including phenoxy) is 2. The lowest BCUT2D eigenvalue weighted by atomic mass is 9.89. The van der Waals surface area contributed by atoms with Crippen LogP contribution in [0.3, 0.4) is 0 Å². The molecule has 3 aromatic rings. The fourth-order valence-electron chi connectivity index (χ4n) is 3.94. The number of aryl methyl sites for hydroxylation is 1. The van der Waals surface area contributed by atoms with Gasteiger partial charge in [-0.2, -0.15) is 0 Å². The number of hydrogen-bond acceptors (Lipinski definition) is 3. The van der Waals surface area contributed by atoms with Crippen LogP contribution in [0.25, 0.3) is 10.8 Å². The van der Waals surface area contributed by atoms with Gasteiger partial charge in [0.25, 0.3) is 0 Å². The van der Waals surface area contributed by atoms with Gasteiger partial charge in [-0.3, -0.25) is 0 Å². The number of rotatable bonds is 5. The van der Waals surface area contributed by atoms with Crippen molar-refractivity contribution in [2.75, 3.05) is 13.7 Å². The maximum absolute atomic E-state index is 14.2. The standard InChI is InChI=1S/C23H22F3NO2/c1-28-8-2-3-13-4-6-15-14(9-13)5-7-22-16(15)11-21(27)23(29-22)17-10-19(25)20(26)12-18(17)24/h4-7,9-10,12,21,23H,2-3,8,11,27H2,1H3/t21-,23+/m0/s1. The van der Waals surface area contributed by atoms with Gasteiger partial charge in [-0.15, -0.1) is 0 Å². The molecule has 0 radical (unpaired) electrons. The predicted octanol–water partition coefficient (Wildman–Crippen LogP) is 4.84. The van der Waals surface area contributed by atoms with Gasteiger partial charge >= 0.3 is 0 Å². The molecule has 0 aliphatic carbocycles. The van der Waals surface area contributed by atoms with Crippen molar-refractivity contribution >= 4 is 10.8 Å². The topological polar surface area (TPSA) is 44.5 Å². The Hall–Kier alpha value is -2.57. The summed E-state index contributed by atoms with van der Waals surface area (Å²) < 4.78 is 52.2. The molecule has 29 heavy (non-hydrogen) atoms. The summed E-state index contributed by atoms with van der Waals surface area (Å²) in [5, 5.41) is 2.10. The second-order valence-electron chi connectivity index (χ2n) is 7.39. The minimum atomic E-state index is -1.23. The van der Waals surface area contributed by atoms with Gasteiger partial charge < -0.3 is 15.2 Å². The molecular formula is C23H22F3NO2. The second kappa shape index (κ2) is 8.05. The molecule has 3 aromatic carbocycles. The first-order valence-corrected chi connectivity index (χ1v) is 9.58. The van der Waals surface area contributed by atoms with Crippen LogP contribution in [0.5, 0.6) is 5.75 Å². The van der Waals surface area contributed by atoms with Gasteiger partial charge in [-0.05, 0) is 47.7 Å². The highest BCUT2D eigenvalue weighted by Gasteiger charge is 2.32. The Balaban J connectivity index is 1.66. The van der Waals surface area contributed by atoms with E-state index in [1.54, 1.807) is 7.11 Å². The molecule has 152 valence electrons. The predicted molar refractivity (Wildman–Crippen MR) is 106 cm³/mol. The van der Waals surface area contributed by atoms with Crippen molar-refractivity contribution in [1.29, 1.82) is 0 Å². The summed E-state index contributed by atoms with van der Waals surface area (Å²) in [7, 11) is 1.69. The molecule has 6 heteroatoms. The molecular weight excluding hydrogens is 379 g/mol. The first kappa shape index (κ1) is 19.7. The smallest absolute Gasteiger partial charge is 0.161 e. The fraction of sp³-hybridized carbons (Fsp3) is 0.304. The van der Waals surface area contributed by atoms with Crippen molar-refractivity contribution < 1.29 is 22.6 Å². The average molecular weight is 401 g/mol. The molecule has 2 atom stereocenters. The van der Waals surface area contributed by atoms with Crippen molar-refractivity contribution in [3.63, 3.8) is 0 Å². The molecule has 2 N–H and O–H groups in total. The summed E-state index contributed by atoms with van der Waals surface area (Å²) in [6, 6.07) is 10.8. The molecule has 1 heterocycles. The number of halogens is 3. The van der Waals surface area contributed by atoms with Crippen LogP contribution in [0.4, 0.5) is 13.2 Å². The number of hydrogen-bond donors (Lipinski definition) is 1. The van der Waals surface area contributed by atoms with Gasteiger partial charge in [0.2, 0.25) is 0 Å². The van der Waals surface area contributed by atoms with E-state index in [-0.39, 0.29) is 5.56 Å². The lowest BCUT2D eigenvalue weighted by Gasteiger charge is -2.32. The molecule has 1 aliphatic heterocycles. The zero-order chi connectivity index (χ0) is 20.5. The Bertz CT molecular complexity index is 1050. The summed E-state index contributed by atoms with van der Waals surface area (Å²) in [6.07, 6.45) is 1.43. The van der Waals surface area contributed by atoms with Crippen LogP contribution in [-0.2, 0) is 17.6 Å². The molecule has 0 spiro atoms. The van der Waals surface area contributed by atoms with Crippen molar-refractivity contribution in [2.24, 2.45) is 5.73 Å². The normalized spacial score (nSPS) is 18.5. The molecule has 4 rings (SSSR count). The van der Waals surface area contributed by atoms with E-state index in [9.17, 15) is 13.2 Å². The molecule has 3 nitrogen and oxygen atoms in total. The van der Waals surface area contributed by atoms with E-state index in [1.807, 2.05) is 18.2 Å². The summed E-state index contributed by atoms with van der Waals surface area (Å²) in [4.78, 5) is 0. The summed E-state index contributed by atoms with van der Waals surface area (Å²) in [5.41, 5.74) is 8.35. The number of fused-ring (bicyclic) bond motifs is 3. The van der Waals surface area contributed by atoms with E-state index >= 15 is 0 Å². The van der Waals surface area contributed by atoms with Crippen LogP contribution >= 0.6 is 0 Å². The molecule has 0 aromatic heterocycles. The summed E-state index contributed by atoms with van der Waals surface area (Å²) in [6.45, 7) is 0.715. The van der Waals surface area contributed by atoms with Gasteiger partial charge in [0.15, 0.2) is 11.6 Å². The molecule has 0 fully saturated rings. The third-order valence-electron chi connectivity index (χ3n) is 5.40. The zero-order valence-electron chi connectivity index (χ0n) is 16.1. The highest BCUT2D eigenvalue weighted by Crippen LogP contribution is 2.39. The number of nitrogens with two attached hydrogens (primary N) is 1. The van der Waals surface area contributed by atoms with Gasteiger partial charge in [0.05, 0.1) is 6.04 Å². The van der Waals surface area contributed by atoms with Crippen molar-refractivity contribution in [2.45, 2.75) is 31.4 Å². The van der Waals surface area contributed by atoms with Gasteiger partial charge in [0, 0.05) is 30.9 Å². The quantitative estimate of drug-likeness (QED) is 0.492. The lowest BCUT2D eigenvalue weighted by molar-refractivity contribution is 0.149. The molecule has 1 aliphatic rings. The fourth-order valence-corrected chi connectivity index (χ4v) is 3.94. The van der Waals surface area contributed by atoms with Crippen molar-refractivity contribution in [3.05, 3.63) is 76.6 Å². The monoisotopic (exact) mass is 401 g/mol. The van der Waals surface area contributed by atoms with Crippen LogP contribution < -0.4 is 10.5 Å². The van der Waals surface area contributed by atoms with Crippen LogP contribution in [0.2, 0.25) is 0 Å². The first-order valence-electron chi connectivity index (χ1n) is 9.58. The Kier molecular flexibility index (Phi) is 5.48. The molecule has 0 bridgehead atoms. The highest BCUT2D eigenvalue weighted by atomic mass is 19.2. The Morgan fingerprint density at radius 3 is 2.62 bits per heavy atom. The molecule has 0 unspecified atom stereocenters. The molecule has 0 saturated heterocycles. The van der Waals surface area contributed by atoms with Gasteiger partial charge in [0.1, 0.15) is 17.7 Å². The Morgan fingerprint density at radius 1 is 1.03 bits per heavy atom. The van der Waals surface area contributed by atoms with Gasteiger partial charge in [-0.25, -0.2) is 13.2 Å². The van der Waals surface area contributed by atoms with E-state index in [0.29, 0.717) is 24.8 Å². The van der Waals surface area contributed by atoms with E-state index in [2.05, 4.69) is 12.1 Å². The lowest BCUT2D eigenvalue weighted by Crippen LogP contribution is -2.38. The van der Waals surface area contributed by atoms with Gasteiger partial charge in [-0.1, -0.05) is 24.3 Å². The minimum absolute atomic E-state index is 0.0735. The van der Waals surface area contributed by atoms with Crippen LogP contribution in [-0.4, -0.2) is 19.8 Å². The Labute approximate surface area is 167 Å². The first-order chi connectivity index (χ1) is 14.0. The summed E-state index contributed by atoms with van der Waals surface area (Å²) in [5.74, 6) is -2.64. The zero-order valence-corrected chi connectivity index (χ0v) is 16.1. The summed E-state index contributed by atoms with van der Waals surface area (Å²) >= 11 is 0. The van der Waals surface area contributed by atoms with Crippen molar-refractivity contribution in [1.82, 2.24) is 0 Å². The molecule has 0 amide bonds. The number of methoxy groups -OCH3 is 1. The van der Waals surface area contributed by atoms with Crippen molar-refractivity contribution in [3.8, 4) is 5.75 Å². The Morgan fingerprint density at radius 2 is 1.83 bits per heavy atom. The largest absolute Gasteiger partial charge is 0.484 e. The van der Waals surface area contributed by atoms with Crippen LogP contribution in [0.15, 0.2) is 42.5 Å². The van der Waals surface area contributed by atoms with E-state index < -0.39 is 29.6 Å². The van der Waals surface area contributed by atoms with E-state index in [1.165, 1.54) is 5.56 Å². The minimum Gasteiger partial charge on any atom is -0.484 e. The maximum atomic E-state index is 14.2. The maximum Gasteiger partial charge on any atom is 0.161 e.